The number of fused-ring (bicyclic) bond motifs is 1. The van der Waals surface area contributed by atoms with Crippen molar-refractivity contribution in [1.82, 2.24) is 40.6 Å². The normalized spacial score (nSPS) is 20.3. The molecular formula is C14H15N8NaO4S3. The van der Waals surface area contributed by atoms with Gasteiger partial charge in [0, 0.05) is 11.5 Å². The van der Waals surface area contributed by atoms with Crippen molar-refractivity contribution >= 4 is 52.6 Å². The molecule has 30 heavy (non-hydrogen) atoms. The molecule has 4 heterocycles. The van der Waals surface area contributed by atoms with Gasteiger partial charge in [0.15, 0.2) is 4.34 Å². The van der Waals surface area contributed by atoms with Crippen molar-refractivity contribution in [3.8, 4) is 0 Å². The number of nitrogens with one attached hydrogen (secondary N) is 1. The van der Waals surface area contributed by atoms with Gasteiger partial charge in [-0.3, -0.25) is 14.5 Å². The third kappa shape index (κ3) is 4.70. The molecule has 2 aromatic rings. The van der Waals surface area contributed by atoms with Crippen LogP contribution in [0.4, 0.5) is 0 Å². The van der Waals surface area contributed by atoms with E-state index in [1.165, 1.54) is 50.8 Å². The number of nitrogens with zero attached hydrogens (tertiary/aromatic N) is 7. The smallest absolute Gasteiger partial charge is 1.00 e. The molecule has 0 unspecified atom stereocenters. The van der Waals surface area contributed by atoms with Gasteiger partial charge in [0.1, 0.15) is 35.0 Å². The zero-order chi connectivity index (χ0) is 20.5. The van der Waals surface area contributed by atoms with Crippen molar-refractivity contribution < 1.29 is 50.5 Å². The summed E-state index contributed by atoms with van der Waals surface area (Å²) < 4.78 is 1.98. The number of aliphatic carboxylic acids is 1. The van der Waals surface area contributed by atoms with Gasteiger partial charge >= 0.3 is 35.5 Å². The van der Waals surface area contributed by atoms with Crippen LogP contribution in [0.5, 0.6) is 0 Å². The average Bonchev–Trinajstić information content (AvgIpc) is 3.35. The number of carboxylic acid groups (broad SMARTS) is 1. The number of aryl methyl sites for hydroxylation is 1. The zero-order valence-corrected chi connectivity index (χ0v) is 20.3. The topological polar surface area (TPSA) is 156 Å². The van der Waals surface area contributed by atoms with Crippen LogP contribution in [0.25, 0.3) is 0 Å². The van der Waals surface area contributed by atoms with Crippen molar-refractivity contribution in [3.63, 3.8) is 0 Å². The van der Waals surface area contributed by atoms with E-state index in [-0.39, 0.29) is 43.2 Å². The Balaban J connectivity index is 0.00000171. The van der Waals surface area contributed by atoms with Crippen LogP contribution in [-0.4, -0.2) is 81.1 Å². The number of rotatable bonds is 7. The fraction of sp³-hybridized carbons (Fsp3) is 0.429. The van der Waals surface area contributed by atoms with E-state index in [0.717, 1.165) is 9.35 Å². The first-order valence-corrected chi connectivity index (χ1v) is 11.1. The zero-order valence-electron chi connectivity index (χ0n) is 16.9. The number of aromatic nitrogens is 6. The van der Waals surface area contributed by atoms with Gasteiger partial charge in [-0.05, 0) is 22.9 Å². The summed E-state index contributed by atoms with van der Waals surface area (Å²) in [5, 5.41) is 31.1. The molecule has 0 aliphatic carbocycles. The Hall–Kier alpha value is -1.52. The fourth-order valence-electron chi connectivity index (χ4n) is 2.90. The van der Waals surface area contributed by atoms with Crippen LogP contribution in [0.3, 0.4) is 0 Å². The maximum atomic E-state index is 12.6. The number of carboxylic acids is 1. The van der Waals surface area contributed by atoms with Gasteiger partial charge in [0.25, 0.3) is 5.91 Å². The molecule has 154 valence electrons. The Morgan fingerprint density at radius 2 is 2.23 bits per heavy atom. The minimum absolute atomic E-state index is 0. The standard InChI is InChI=1S/C14H14N8O4S3.Na.H/c1-6-17-18-14(29-6)28-4-7-3-27-12-9(11(24)22(12)10(7)13(25)26)16-8(23)2-21-5-15-19-20-21;;/h5,9,12H,2-4H2,1H3,(H,16,23)(H,25,26);;/q;+1;-1/t9-,12-;;/m1../s1. The number of tetrazole rings is 1. The second-order valence-corrected chi connectivity index (χ2v) is 9.60. The summed E-state index contributed by atoms with van der Waals surface area (Å²) in [5.74, 6) is -1.19. The molecule has 0 radical (unpaired) electrons. The number of carbonyl (C=O) groups excluding carboxylic acids is 2. The quantitative estimate of drug-likeness (QED) is 0.231. The number of amides is 2. The Labute approximate surface area is 206 Å². The summed E-state index contributed by atoms with van der Waals surface area (Å²) in [5.41, 5.74) is 0.627. The Morgan fingerprint density at radius 1 is 1.43 bits per heavy atom. The molecule has 2 aliphatic rings. The van der Waals surface area contributed by atoms with Gasteiger partial charge in [-0.15, -0.1) is 27.1 Å². The number of hydrogen-bond donors (Lipinski definition) is 2. The van der Waals surface area contributed by atoms with Gasteiger partial charge in [-0.25, -0.2) is 9.48 Å². The summed E-state index contributed by atoms with van der Waals surface area (Å²) in [6.45, 7) is 1.72. The first-order valence-electron chi connectivity index (χ1n) is 8.27. The molecule has 2 aliphatic heterocycles. The molecule has 2 aromatic heterocycles. The maximum Gasteiger partial charge on any atom is 1.00 e. The van der Waals surface area contributed by atoms with E-state index < -0.39 is 29.2 Å². The van der Waals surface area contributed by atoms with E-state index in [1.807, 2.05) is 6.92 Å². The van der Waals surface area contributed by atoms with E-state index >= 15 is 0 Å². The molecule has 0 aromatic carbocycles. The molecule has 16 heteroatoms. The minimum Gasteiger partial charge on any atom is -1.00 e. The van der Waals surface area contributed by atoms with Crippen LogP contribution in [0.2, 0.25) is 0 Å². The van der Waals surface area contributed by atoms with Crippen LogP contribution in [-0.2, 0) is 20.9 Å². The second kappa shape index (κ2) is 9.74. The van der Waals surface area contributed by atoms with E-state index in [1.54, 1.807) is 0 Å². The molecule has 0 bridgehead atoms. The largest absolute Gasteiger partial charge is 1.00 e. The molecule has 1 saturated heterocycles. The third-order valence-electron chi connectivity index (χ3n) is 4.14. The molecule has 2 atom stereocenters. The van der Waals surface area contributed by atoms with Crippen LogP contribution in [0.15, 0.2) is 21.9 Å². The molecular weight excluding hydrogens is 463 g/mol. The predicted octanol–water partition coefficient (Wildman–Crippen LogP) is -3.52. The molecule has 2 amide bonds. The number of hydrogen-bond acceptors (Lipinski definition) is 11. The summed E-state index contributed by atoms with van der Waals surface area (Å²) >= 11 is 4.24. The first kappa shape index (κ1) is 23.1. The van der Waals surface area contributed by atoms with Crippen LogP contribution >= 0.6 is 34.9 Å². The Kier molecular flexibility index (Phi) is 7.52. The SMILES string of the molecule is Cc1nnc(SCC2=C(C(=O)O)N3C(=O)[C@@H](NC(=O)Cn4cnnn4)[C@H]3SC2)s1.[H-].[Na+]. The van der Waals surface area contributed by atoms with Gasteiger partial charge < -0.3 is 11.8 Å². The van der Waals surface area contributed by atoms with Crippen molar-refractivity contribution in [2.24, 2.45) is 0 Å². The second-order valence-electron chi connectivity index (χ2n) is 6.10. The maximum absolute atomic E-state index is 12.6. The van der Waals surface area contributed by atoms with Crippen LogP contribution in [0, 0.1) is 6.92 Å². The molecule has 0 spiro atoms. The van der Waals surface area contributed by atoms with E-state index in [9.17, 15) is 19.5 Å². The van der Waals surface area contributed by atoms with E-state index in [2.05, 4.69) is 31.0 Å². The van der Waals surface area contributed by atoms with Crippen LogP contribution in [0.1, 0.15) is 6.43 Å². The molecule has 0 saturated carbocycles. The monoisotopic (exact) mass is 478 g/mol. The summed E-state index contributed by atoms with van der Waals surface area (Å²) in [4.78, 5) is 37.8. The van der Waals surface area contributed by atoms with Gasteiger partial charge in [0.05, 0.1) is 0 Å². The third-order valence-corrected chi connectivity index (χ3v) is 7.54. The van der Waals surface area contributed by atoms with Gasteiger partial charge in [-0.2, -0.15) is 0 Å². The molecule has 1 fully saturated rings. The summed E-state index contributed by atoms with van der Waals surface area (Å²) in [7, 11) is 0. The average molecular weight is 479 g/mol. The summed E-state index contributed by atoms with van der Waals surface area (Å²) in [6, 6.07) is -0.779. The van der Waals surface area contributed by atoms with Crippen molar-refractivity contribution in [3.05, 3.63) is 22.6 Å². The molecule has 4 rings (SSSR count). The number of β-lactam (4-membered cyclic amide) rings is 1. The predicted molar refractivity (Wildman–Crippen MR) is 104 cm³/mol. The summed E-state index contributed by atoms with van der Waals surface area (Å²) in [6.07, 6.45) is 1.29. The molecule has 2 N–H and O–H groups in total. The van der Waals surface area contributed by atoms with Crippen LogP contribution < -0.4 is 34.9 Å². The Morgan fingerprint density at radius 3 is 2.87 bits per heavy atom. The van der Waals surface area contributed by atoms with Gasteiger partial charge in [0.2, 0.25) is 5.91 Å². The number of thioether (sulfide) groups is 2. The number of carbonyl (C=O) groups is 3. The van der Waals surface area contributed by atoms with Gasteiger partial charge in [-0.1, -0.05) is 23.1 Å². The van der Waals surface area contributed by atoms with Crippen molar-refractivity contribution in [1.29, 1.82) is 0 Å². The molecule has 12 nitrogen and oxygen atoms in total. The Bertz CT molecular complexity index is 1000. The van der Waals surface area contributed by atoms with E-state index in [0.29, 0.717) is 17.1 Å². The van der Waals surface area contributed by atoms with Crippen molar-refractivity contribution in [2.75, 3.05) is 11.5 Å². The van der Waals surface area contributed by atoms with E-state index in [4.69, 9.17) is 0 Å². The fourth-order valence-corrected chi connectivity index (χ4v) is 6.20. The first-order chi connectivity index (χ1) is 13.9. The minimum atomic E-state index is -1.16. The van der Waals surface area contributed by atoms with Crippen molar-refractivity contribution in [2.45, 2.75) is 29.2 Å².